The summed E-state index contributed by atoms with van der Waals surface area (Å²) in [6.45, 7) is 0. The Balaban J connectivity index is 1.73. The maximum Gasteiger partial charge on any atom is 0.433 e. The number of carbonyl (C=O) groups is 1. The number of hydrogen-bond donors (Lipinski definition) is 2. The molecule has 0 aliphatic heterocycles. The Kier molecular flexibility index (Phi) is 3.64. The molecule has 2 aromatic rings. The van der Waals surface area contributed by atoms with Crippen LogP contribution in [0.4, 0.5) is 13.2 Å². The molecule has 1 amide bonds. The van der Waals surface area contributed by atoms with E-state index in [1.54, 1.807) is 0 Å². The van der Waals surface area contributed by atoms with E-state index in [1.807, 2.05) is 29.4 Å². The summed E-state index contributed by atoms with van der Waals surface area (Å²) in [6, 6.07) is 7.72. The van der Waals surface area contributed by atoms with Crippen LogP contribution < -0.4 is 5.32 Å². The zero-order chi connectivity index (χ0) is 15.7. The Morgan fingerprint density at radius 2 is 2.00 bits per heavy atom. The minimum Gasteiger partial charge on any atom is -0.349 e. The number of benzene rings is 1. The number of amides is 1. The highest BCUT2D eigenvalue weighted by Crippen LogP contribution is 2.30. The van der Waals surface area contributed by atoms with Gasteiger partial charge in [-0.3, -0.25) is 9.89 Å². The highest BCUT2D eigenvalue weighted by atomic mass is 19.4. The molecule has 1 heterocycles. The fraction of sp³-hybridized carbons (Fsp3) is 0.333. The number of fused-ring (bicyclic) bond motifs is 1. The van der Waals surface area contributed by atoms with Crippen molar-refractivity contribution < 1.29 is 18.0 Å². The Bertz CT molecular complexity index is 693. The fourth-order valence-corrected chi connectivity index (χ4v) is 2.76. The highest BCUT2D eigenvalue weighted by Gasteiger charge is 2.38. The number of carbonyl (C=O) groups excluding carboxylic acids is 1. The molecule has 0 unspecified atom stereocenters. The molecule has 0 spiro atoms. The number of nitrogens with zero attached hydrogens (tertiary/aromatic N) is 1. The second-order valence-electron chi connectivity index (χ2n) is 5.34. The van der Waals surface area contributed by atoms with Gasteiger partial charge in [-0.25, -0.2) is 0 Å². The second-order valence-corrected chi connectivity index (χ2v) is 5.34. The smallest absolute Gasteiger partial charge is 0.349 e. The summed E-state index contributed by atoms with van der Waals surface area (Å²) in [6.07, 6.45) is -1.57. The Morgan fingerprint density at radius 1 is 1.27 bits per heavy atom. The number of rotatable bonds is 2. The molecule has 0 radical (unpaired) electrons. The standard InChI is InChI=1S/C15H14F3N3O/c16-15(17,18)13-12(8-19-21-13)14(22)20-11-6-5-9-3-1-2-4-10(9)7-11/h1-4,8,11H,5-7H2,(H,19,21)(H,20,22)/t11-/m1/s1. The van der Waals surface area contributed by atoms with Gasteiger partial charge in [-0.2, -0.15) is 18.3 Å². The number of aromatic nitrogens is 2. The lowest BCUT2D eigenvalue weighted by atomic mass is 9.88. The molecule has 7 heteroatoms. The van der Waals surface area contributed by atoms with Crippen molar-refractivity contribution in [2.75, 3.05) is 0 Å². The van der Waals surface area contributed by atoms with Crippen LogP contribution >= 0.6 is 0 Å². The molecule has 1 atom stereocenters. The average molecular weight is 309 g/mol. The first-order valence-corrected chi connectivity index (χ1v) is 6.93. The molecule has 0 fully saturated rings. The normalized spacial score (nSPS) is 17.9. The van der Waals surface area contributed by atoms with E-state index in [0.29, 0.717) is 12.8 Å². The van der Waals surface area contributed by atoms with E-state index in [-0.39, 0.29) is 6.04 Å². The lowest BCUT2D eigenvalue weighted by molar-refractivity contribution is -0.141. The zero-order valence-corrected chi connectivity index (χ0v) is 11.6. The maximum atomic E-state index is 12.8. The molecule has 4 nitrogen and oxygen atoms in total. The van der Waals surface area contributed by atoms with Crippen molar-refractivity contribution >= 4 is 5.91 Å². The van der Waals surface area contributed by atoms with E-state index in [2.05, 4.69) is 10.4 Å². The van der Waals surface area contributed by atoms with E-state index in [0.717, 1.165) is 18.2 Å². The predicted octanol–water partition coefficient (Wildman–Crippen LogP) is 2.72. The summed E-state index contributed by atoms with van der Waals surface area (Å²) < 4.78 is 38.3. The third-order valence-electron chi connectivity index (χ3n) is 3.85. The van der Waals surface area contributed by atoms with Crippen LogP contribution in [0.25, 0.3) is 0 Å². The summed E-state index contributed by atoms with van der Waals surface area (Å²) >= 11 is 0. The van der Waals surface area contributed by atoms with Crippen molar-refractivity contribution in [3.05, 3.63) is 52.8 Å². The second kappa shape index (κ2) is 5.47. The van der Waals surface area contributed by atoms with Gasteiger partial charge in [0.25, 0.3) is 5.91 Å². The number of aromatic amines is 1. The molecule has 22 heavy (non-hydrogen) atoms. The third-order valence-corrected chi connectivity index (χ3v) is 3.85. The van der Waals surface area contributed by atoms with Gasteiger partial charge >= 0.3 is 6.18 Å². The maximum absolute atomic E-state index is 12.8. The van der Waals surface area contributed by atoms with Crippen LogP contribution in [0, 0.1) is 0 Å². The molecule has 0 saturated heterocycles. The zero-order valence-electron chi connectivity index (χ0n) is 11.6. The predicted molar refractivity (Wildman–Crippen MR) is 73.3 cm³/mol. The molecule has 116 valence electrons. The van der Waals surface area contributed by atoms with Gasteiger partial charge in [0.1, 0.15) is 0 Å². The number of nitrogens with one attached hydrogen (secondary N) is 2. The van der Waals surface area contributed by atoms with Crippen molar-refractivity contribution in [1.82, 2.24) is 15.5 Å². The van der Waals surface area contributed by atoms with Crippen LogP contribution in [0.5, 0.6) is 0 Å². The number of halogens is 3. The minimum absolute atomic E-state index is 0.168. The molecule has 1 aromatic heterocycles. The van der Waals surface area contributed by atoms with Gasteiger partial charge in [0.05, 0.1) is 11.8 Å². The molecular formula is C15H14F3N3O. The van der Waals surface area contributed by atoms with Gasteiger partial charge in [-0.05, 0) is 30.4 Å². The third kappa shape index (κ3) is 2.84. The largest absolute Gasteiger partial charge is 0.433 e. The average Bonchev–Trinajstić information content (AvgIpc) is 2.97. The summed E-state index contributed by atoms with van der Waals surface area (Å²) in [7, 11) is 0. The number of H-pyrrole nitrogens is 1. The number of aryl methyl sites for hydroxylation is 1. The Labute approximate surface area is 124 Å². The molecule has 0 bridgehead atoms. The van der Waals surface area contributed by atoms with Gasteiger partial charge in [-0.15, -0.1) is 0 Å². The number of hydrogen-bond acceptors (Lipinski definition) is 2. The molecule has 1 aromatic carbocycles. The van der Waals surface area contributed by atoms with Crippen LogP contribution in [0.3, 0.4) is 0 Å². The molecular weight excluding hydrogens is 295 g/mol. The summed E-state index contributed by atoms with van der Waals surface area (Å²) in [5, 5.41) is 7.85. The van der Waals surface area contributed by atoms with E-state index in [9.17, 15) is 18.0 Å². The first-order valence-electron chi connectivity index (χ1n) is 6.93. The van der Waals surface area contributed by atoms with Crippen molar-refractivity contribution in [1.29, 1.82) is 0 Å². The fourth-order valence-electron chi connectivity index (χ4n) is 2.76. The molecule has 2 N–H and O–H groups in total. The van der Waals surface area contributed by atoms with Crippen LogP contribution in [-0.4, -0.2) is 22.1 Å². The molecule has 3 rings (SSSR count). The van der Waals surface area contributed by atoms with Crippen molar-refractivity contribution in [3.63, 3.8) is 0 Å². The topological polar surface area (TPSA) is 57.8 Å². The van der Waals surface area contributed by atoms with E-state index in [4.69, 9.17) is 0 Å². The summed E-state index contributed by atoms with van der Waals surface area (Å²) in [4.78, 5) is 12.1. The highest BCUT2D eigenvalue weighted by molar-refractivity contribution is 5.95. The first kappa shape index (κ1) is 14.6. The minimum atomic E-state index is -4.62. The van der Waals surface area contributed by atoms with E-state index in [1.165, 1.54) is 5.56 Å². The Morgan fingerprint density at radius 3 is 2.73 bits per heavy atom. The lowest BCUT2D eigenvalue weighted by Crippen LogP contribution is -2.39. The van der Waals surface area contributed by atoms with Crippen molar-refractivity contribution in [2.45, 2.75) is 31.5 Å². The molecule has 1 aliphatic rings. The summed E-state index contributed by atoms with van der Waals surface area (Å²) in [5.41, 5.74) is 0.780. The van der Waals surface area contributed by atoms with E-state index >= 15 is 0 Å². The van der Waals surface area contributed by atoms with Gasteiger partial charge in [0.2, 0.25) is 0 Å². The van der Waals surface area contributed by atoms with Crippen LogP contribution in [0.2, 0.25) is 0 Å². The van der Waals surface area contributed by atoms with Crippen molar-refractivity contribution in [2.24, 2.45) is 0 Å². The van der Waals surface area contributed by atoms with Crippen molar-refractivity contribution in [3.8, 4) is 0 Å². The lowest BCUT2D eigenvalue weighted by Gasteiger charge is -2.25. The van der Waals surface area contributed by atoms with Crippen LogP contribution in [0.1, 0.15) is 33.6 Å². The van der Waals surface area contributed by atoms with Gasteiger partial charge in [0.15, 0.2) is 5.69 Å². The summed E-state index contributed by atoms with van der Waals surface area (Å²) in [5.74, 6) is -0.745. The first-order chi connectivity index (χ1) is 10.4. The van der Waals surface area contributed by atoms with Gasteiger partial charge in [-0.1, -0.05) is 24.3 Å². The Hall–Kier alpha value is -2.31. The number of alkyl halides is 3. The SMILES string of the molecule is O=C(N[C@@H]1CCc2ccccc2C1)c1cn[nH]c1C(F)(F)F. The van der Waals surface area contributed by atoms with Crippen LogP contribution in [-0.2, 0) is 19.0 Å². The monoisotopic (exact) mass is 309 g/mol. The molecule has 0 saturated carbocycles. The van der Waals surface area contributed by atoms with E-state index < -0.39 is 23.3 Å². The van der Waals surface area contributed by atoms with Gasteiger partial charge < -0.3 is 5.32 Å². The quantitative estimate of drug-likeness (QED) is 0.896. The van der Waals surface area contributed by atoms with Crippen LogP contribution in [0.15, 0.2) is 30.5 Å². The van der Waals surface area contributed by atoms with Gasteiger partial charge in [0, 0.05) is 6.04 Å². The molecule has 1 aliphatic carbocycles.